The number of phenols is 2. The van der Waals surface area contributed by atoms with Crippen molar-refractivity contribution in [2.45, 2.75) is 14.7 Å². The van der Waals surface area contributed by atoms with E-state index in [4.69, 9.17) is 23.1 Å². The van der Waals surface area contributed by atoms with E-state index in [0.717, 1.165) is 36.4 Å². The van der Waals surface area contributed by atoms with Crippen LogP contribution in [-0.4, -0.2) is 49.1 Å². The van der Waals surface area contributed by atoms with E-state index in [9.17, 15) is 49.1 Å². The zero-order valence-corrected chi connectivity index (χ0v) is 26.2. The van der Waals surface area contributed by atoms with Crippen LogP contribution in [0.15, 0.2) is 95.8 Å². The molecule has 5 aromatic carbocycles. The summed E-state index contributed by atoms with van der Waals surface area (Å²) in [6, 6.07) is 10.8. The standard InChI is InChI=1S/C26H19ClN6O11S3/c27-24-18(31-33-26-17(29)4-2-12-6-15(46(39,40)41)10-20(35)23(12)26)7-13(8-21(24)47(42,43)44)30-32-25-16(28)3-1-11-5-14(45(36,37)38)9-19(34)22(11)25/h1-10,34-35H,28-29H2,(H,36,37,38)(H,39,40,41)(H,42,43,44). The Balaban J connectivity index is 1.66. The van der Waals surface area contributed by atoms with Gasteiger partial charge in [-0.1, -0.05) is 23.7 Å². The molecule has 0 aliphatic rings. The van der Waals surface area contributed by atoms with Crippen molar-refractivity contribution < 1.29 is 49.1 Å². The van der Waals surface area contributed by atoms with Gasteiger partial charge in [0.15, 0.2) is 0 Å². The molecule has 0 saturated heterocycles. The summed E-state index contributed by atoms with van der Waals surface area (Å²) >= 11 is 6.22. The second-order valence-corrected chi connectivity index (χ2v) is 14.3. The van der Waals surface area contributed by atoms with Crippen molar-refractivity contribution in [3.8, 4) is 11.5 Å². The molecule has 244 valence electrons. The Morgan fingerprint density at radius 1 is 0.574 bits per heavy atom. The maximum atomic E-state index is 12.2. The van der Waals surface area contributed by atoms with Gasteiger partial charge in [-0.25, -0.2) is 0 Å². The fourth-order valence-electron chi connectivity index (χ4n) is 4.44. The van der Waals surface area contributed by atoms with Gasteiger partial charge in [-0.15, -0.1) is 15.3 Å². The number of hydrogen-bond donors (Lipinski definition) is 7. The summed E-state index contributed by atoms with van der Waals surface area (Å²) in [6.45, 7) is 0. The number of fused-ring (bicyclic) bond motifs is 2. The molecule has 17 nitrogen and oxygen atoms in total. The summed E-state index contributed by atoms with van der Waals surface area (Å²) in [5.41, 5.74) is 10.8. The molecule has 0 amide bonds. The smallest absolute Gasteiger partial charge is 0.296 e. The number of halogens is 1. The summed E-state index contributed by atoms with van der Waals surface area (Å²) in [4.78, 5) is -2.10. The predicted octanol–water partition coefficient (Wildman–Crippen LogP) is 5.79. The molecule has 0 bridgehead atoms. The van der Waals surface area contributed by atoms with Crippen LogP contribution in [0.3, 0.4) is 0 Å². The Morgan fingerprint density at radius 3 is 1.45 bits per heavy atom. The van der Waals surface area contributed by atoms with Gasteiger partial charge < -0.3 is 21.7 Å². The highest BCUT2D eigenvalue weighted by Crippen LogP contribution is 2.44. The van der Waals surface area contributed by atoms with Gasteiger partial charge in [-0.3, -0.25) is 13.7 Å². The Bertz CT molecular complexity index is 2560. The highest BCUT2D eigenvalue weighted by atomic mass is 35.5. The quantitative estimate of drug-likeness (QED) is 0.0594. The minimum Gasteiger partial charge on any atom is -0.507 e. The molecule has 0 saturated carbocycles. The van der Waals surface area contributed by atoms with E-state index in [1.807, 2.05) is 0 Å². The molecule has 0 radical (unpaired) electrons. The van der Waals surface area contributed by atoms with Crippen molar-refractivity contribution >= 4 is 97.6 Å². The van der Waals surface area contributed by atoms with Crippen molar-refractivity contribution in [1.29, 1.82) is 0 Å². The molecule has 5 rings (SSSR count). The van der Waals surface area contributed by atoms with Gasteiger partial charge in [-0.2, -0.15) is 30.4 Å². The third-order valence-electron chi connectivity index (χ3n) is 6.55. The number of nitrogens with two attached hydrogens (primary N) is 2. The van der Waals surface area contributed by atoms with Crippen LogP contribution in [0.5, 0.6) is 11.5 Å². The van der Waals surface area contributed by atoms with E-state index in [1.54, 1.807) is 0 Å². The highest BCUT2D eigenvalue weighted by molar-refractivity contribution is 7.86. The number of aromatic hydroxyl groups is 2. The minimum absolute atomic E-state index is 0.0524. The van der Waals surface area contributed by atoms with Gasteiger partial charge in [0.25, 0.3) is 30.4 Å². The molecule has 0 unspecified atom stereocenters. The number of azo groups is 2. The van der Waals surface area contributed by atoms with Gasteiger partial charge in [-0.05, 0) is 47.2 Å². The molecule has 0 atom stereocenters. The van der Waals surface area contributed by atoms with Crippen LogP contribution in [0, 0.1) is 0 Å². The first-order valence-electron chi connectivity index (χ1n) is 12.5. The van der Waals surface area contributed by atoms with Gasteiger partial charge >= 0.3 is 0 Å². The average molecular weight is 723 g/mol. The Hall–Kier alpha value is -4.96. The number of hydrogen-bond acceptors (Lipinski definition) is 14. The predicted molar refractivity (Wildman–Crippen MR) is 169 cm³/mol. The lowest BCUT2D eigenvalue weighted by molar-refractivity contribution is 0.470. The first kappa shape index (κ1) is 33.4. The van der Waals surface area contributed by atoms with Crippen LogP contribution < -0.4 is 11.5 Å². The topological polar surface area (TPSA) is 305 Å². The van der Waals surface area contributed by atoms with E-state index in [0.29, 0.717) is 0 Å². The summed E-state index contributed by atoms with van der Waals surface area (Å²) < 4.78 is 99.2. The molecule has 47 heavy (non-hydrogen) atoms. The second-order valence-electron chi connectivity index (χ2n) is 9.69. The molecule has 0 fully saturated rings. The normalized spacial score (nSPS) is 12.9. The second kappa shape index (κ2) is 11.7. The Labute approximate surface area is 269 Å². The average Bonchev–Trinajstić information content (AvgIpc) is 2.95. The highest BCUT2D eigenvalue weighted by Gasteiger charge is 2.22. The zero-order chi connectivity index (χ0) is 34.6. The van der Waals surface area contributed by atoms with Gasteiger partial charge in [0, 0.05) is 12.1 Å². The lowest BCUT2D eigenvalue weighted by atomic mass is 10.1. The molecule has 5 aromatic rings. The number of anilines is 2. The Morgan fingerprint density at radius 2 is 1.02 bits per heavy atom. The van der Waals surface area contributed by atoms with Crippen LogP contribution >= 0.6 is 11.6 Å². The molecule has 21 heteroatoms. The molecule has 0 aliphatic carbocycles. The summed E-state index contributed by atoms with van der Waals surface area (Å²) in [5, 5.41) is 36.3. The van der Waals surface area contributed by atoms with Crippen LogP contribution in [0.25, 0.3) is 21.5 Å². The fourth-order valence-corrected chi connectivity index (χ4v) is 6.55. The first-order chi connectivity index (χ1) is 21.8. The Kier molecular flexibility index (Phi) is 8.30. The maximum Gasteiger partial charge on any atom is 0.296 e. The van der Waals surface area contributed by atoms with E-state index in [1.165, 1.54) is 24.3 Å². The fraction of sp³-hybridized carbons (Fsp3) is 0. The number of nitrogen functional groups attached to an aromatic ring is 2. The van der Waals surface area contributed by atoms with Crippen LogP contribution in [0.2, 0.25) is 5.02 Å². The first-order valence-corrected chi connectivity index (χ1v) is 17.2. The number of nitrogens with zero attached hydrogens (tertiary/aromatic N) is 4. The van der Waals surface area contributed by atoms with Crippen molar-refractivity contribution in [3.63, 3.8) is 0 Å². The van der Waals surface area contributed by atoms with E-state index >= 15 is 0 Å². The number of phenolic OH excluding ortho intramolecular Hbond substituents is 2. The third-order valence-corrected chi connectivity index (χ3v) is 9.60. The van der Waals surface area contributed by atoms with Crippen LogP contribution in [0.1, 0.15) is 0 Å². The van der Waals surface area contributed by atoms with Crippen molar-refractivity contribution in [3.05, 3.63) is 65.7 Å². The van der Waals surface area contributed by atoms with Gasteiger partial charge in [0.05, 0.1) is 42.6 Å². The summed E-state index contributed by atoms with van der Waals surface area (Å²) in [5.74, 6) is -1.29. The summed E-state index contributed by atoms with van der Waals surface area (Å²) in [6.07, 6.45) is 0. The van der Waals surface area contributed by atoms with Gasteiger partial charge in [0.1, 0.15) is 33.5 Å². The van der Waals surface area contributed by atoms with E-state index < -0.39 is 67.2 Å². The molecule has 0 spiro atoms. The molecular weight excluding hydrogens is 704 g/mol. The monoisotopic (exact) mass is 722 g/mol. The molecule has 0 aromatic heterocycles. The third kappa shape index (κ3) is 6.64. The summed E-state index contributed by atoms with van der Waals surface area (Å²) in [7, 11) is -14.4. The van der Waals surface area contributed by atoms with Gasteiger partial charge in [0.2, 0.25) is 0 Å². The SMILES string of the molecule is Nc1ccc2cc(S(=O)(=O)O)cc(O)c2c1N=Nc1cc(N=Nc2c(N)ccc3cc(S(=O)(=O)O)cc(O)c23)c(Cl)c(S(=O)(=O)O)c1. The molecule has 9 N–H and O–H groups in total. The van der Waals surface area contributed by atoms with Crippen molar-refractivity contribution in [1.82, 2.24) is 0 Å². The zero-order valence-electron chi connectivity index (χ0n) is 23.0. The van der Waals surface area contributed by atoms with Crippen LogP contribution in [0.4, 0.5) is 34.1 Å². The lowest BCUT2D eigenvalue weighted by Crippen LogP contribution is -1.99. The minimum atomic E-state index is -5.01. The lowest BCUT2D eigenvalue weighted by Gasteiger charge is -2.10. The van der Waals surface area contributed by atoms with Crippen molar-refractivity contribution in [2.24, 2.45) is 20.5 Å². The molecular formula is C26H19ClN6O11S3. The van der Waals surface area contributed by atoms with E-state index in [-0.39, 0.29) is 50.0 Å². The molecule has 0 aliphatic heterocycles. The van der Waals surface area contributed by atoms with Crippen molar-refractivity contribution in [2.75, 3.05) is 11.5 Å². The maximum absolute atomic E-state index is 12.2. The molecule has 0 heterocycles. The largest absolute Gasteiger partial charge is 0.507 e. The number of benzene rings is 5. The van der Waals surface area contributed by atoms with E-state index in [2.05, 4.69) is 20.5 Å². The van der Waals surface area contributed by atoms with Crippen LogP contribution in [-0.2, 0) is 30.4 Å². The number of rotatable bonds is 7.